The molecule has 1 rings (SSSR count). The van der Waals surface area contributed by atoms with E-state index in [9.17, 15) is 0 Å². The van der Waals surface area contributed by atoms with Crippen LogP contribution in [0.5, 0.6) is 0 Å². The zero-order valence-corrected chi connectivity index (χ0v) is 13.1. The predicted octanol–water partition coefficient (Wildman–Crippen LogP) is 4.87. The third-order valence-electron chi connectivity index (χ3n) is 2.81. The summed E-state index contributed by atoms with van der Waals surface area (Å²) in [5, 5.41) is 0. The van der Waals surface area contributed by atoms with E-state index in [2.05, 4.69) is 60.9 Å². The van der Waals surface area contributed by atoms with Crippen molar-refractivity contribution in [2.45, 2.75) is 34.6 Å². The molecule has 0 aromatic heterocycles. The molecule has 0 bridgehead atoms. The molecular weight excluding hydrogens is 360 g/mol. The van der Waals surface area contributed by atoms with Crippen LogP contribution in [-0.4, -0.2) is 0 Å². The van der Waals surface area contributed by atoms with Gasteiger partial charge in [0.15, 0.2) is 0 Å². The van der Waals surface area contributed by atoms with Gasteiger partial charge < -0.3 is 0 Å². The van der Waals surface area contributed by atoms with Gasteiger partial charge in [-0.3, -0.25) is 0 Å². The van der Waals surface area contributed by atoms with Crippen molar-refractivity contribution in [3.8, 4) is 0 Å². The molecule has 0 spiro atoms. The first-order valence-corrected chi connectivity index (χ1v) is 4.75. The molecule has 1 heteroatoms. The van der Waals surface area contributed by atoms with Gasteiger partial charge >= 0.3 is 0 Å². The van der Waals surface area contributed by atoms with Gasteiger partial charge in [-0.1, -0.05) is 18.1 Å². The van der Waals surface area contributed by atoms with E-state index in [-0.39, 0.29) is 20.1 Å². The molecule has 0 saturated carbocycles. The number of hydrogen-bond acceptors (Lipinski definition) is 0. The average molecular weight is 384 g/mol. The minimum atomic E-state index is 0. The minimum absolute atomic E-state index is 0. The van der Waals surface area contributed by atoms with Gasteiger partial charge in [0.25, 0.3) is 0 Å². The zero-order valence-electron chi connectivity index (χ0n) is 10.7. The van der Waals surface area contributed by atoms with E-state index in [4.69, 9.17) is 0 Å². The molecule has 0 amide bonds. The second-order valence-electron chi connectivity index (χ2n) is 3.12. The van der Waals surface area contributed by atoms with Crippen molar-refractivity contribution in [1.82, 2.24) is 0 Å². The molecule has 0 unspecified atom stereocenters. The maximum atomic E-state index is 3.00. The Morgan fingerprint density at radius 2 is 0.733 bits per heavy atom. The molecule has 0 aromatic carbocycles. The van der Waals surface area contributed by atoms with Crippen molar-refractivity contribution >= 4 is 0 Å². The van der Waals surface area contributed by atoms with E-state index in [0.29, 0.717) is 0 Å². The normalized spacial score (nSPS) is 14.7. The molecule has 88 valence electrons. The largest absolute Gasteiger partial charge is 0.106 e. The molecule has 1 aliphatic rings. The second-order valence-corrected chi connectivity index (χ2v) is 3.12. The van der Waals surface area contributed by atoms with Crippen molar-refractivity contribution in [2.75, 3.05) is 0 Å². The Kier molecular flexibility index (Phi) is 13.6. The van der Waals surface area contributed by atoms with E-state index in [1.807, 2.05) is 0 Å². The number of allylic oxidation sites excluding steroid dienone is 4. The SMILES string of the molecule is C=C.C=C.C[C]1C(C)=C(C)C(C)=C1C.[Ir]. The number of rotatable bonds is 0. The summed E-state index contributed by atoms with van der Waals surface area (Å²) in [6.45, 7) is 23.0. The van der Waals surface area contributed by atoms with Crippen molar-refractivity contribution < 1.29 is 20.1 Å². The topological polar surface area (TPSA) is 0 Å². The third kappa shape index (κ3) is 4.77. The smallest absolute Gasteiger partial charge is 0.0226 e. The summed E-state index contributed by atoms with van der Waals surface area (Å²) < 4.78 is 0. The Bertz CT molecular complexity index is 220. The quantitative estimate of drug-likeness (QED) is 0.524. The fourth-order valence-corrected chi connectivity index (χ4v) is 1.41. The van der Waals surface area contributed by atoms with Gasteiger partial charge in [-0.2, -0.15) is 0 Å². The van der Waals surface area contributed by atoms with Crippen LogP contribution in [0.3, 0.4) is 0 Å². The molecule has 15 heavy (non-hydrogen) atoms. The molecule has 0 aromatic rings. The monoisotopic (exact) mass is 384 g/mol. The molecule has 0 atom stereocenters. The van der Waals surface area contributed by atoms with Crippen LogP contribution >= 0.6 is 0 Å². The van der Waals surface area contributed by atoms with E-state index in [0.717, 1.165) is 0 Å². The summed E-state index contributed by atoms with van der Waals surface area (Å²) in [5.74, 6) is 1.47. The molecule has 0 saturated heterocycles. The van der Waals surface area contributed by atoms with Crippen LogP contribution in [0.2, 0.25) is 0 Å². The van der Waals surface area contributed by atoms with Crippen molar-refractivity contribution in [3.05, 3.63) is 54.5 Å². The van der Waals surface area contributed by atoms with Gasteiger partial charge in [0.2, 0.25) is 0 Å². The van der Waals surface area contributed by atoms with E-state index >= 15 is 0 Å². The van der Waals surface area contributed by atoms with Gasteiger partial charge in [0.1, 0.15) is 0 Å². The summed E-state index contributed by atoms with van der Waals surface area (Å²) in [4.78, 5) is 0. The maximum Gasteiger partial charge on any atom is 0.0226 e. The second kappa shape index (κ2) is 10.1. The van der Waals surface area contributed by atoms with Crippen molar-refractivity contribution in [2.24, 2.45) is 0 Å². The molecule has 2 radical (unpaired) electrons. The molecule has 0 fully saturated rings. The first-order valence-electron chi connectivity index (χ1n) is 4.75. The van der Waals surface area contributed by atoms with Crippen LogP contribution in [-0.2, 0) is 20.1 Å². The summed E-state index contributed by atoms with van der Waals surface area (Å²) in [6.07, 6.45) is 0. The van der Waals surface area contributed by atoms with Crippen LogP contribution in [0.25, 0.3) is 0 Å². The minimum Gasteiger partial charge on any atom is -0.106 e. The maximum absolute atomic E-state index is 3.00. The molecule has 0 nitrogen and oxygen atoms in total. The van der Waals surface area contributed by atoms with Gasteiger partial charge in [-0.15, -0.1) is 26.3 Å². The average Bonchev–Trinajstić information content (AvgIpc) is 2.42. The Hall–Kier alpha value is -0.391. The van der Waals surface area contributed by atoms with Crippen LogP contribution < -0.4 is 0 Å². The Morgan fingerprint density at radius 1 is 0.533 bits per heavy atom. The van der Waals surface area contributed by atoms with Gasteiger partial charge in [-0.25, -0.2) is 0 Å². The molecule has 0 heterocycles. The summed E-state index contributed by atoms with van der Waals surface area (Å²) in [7, 11) is 0. The van der Waals surface area contributed by atoms with Crippen LogP contribution in [0.15, 0.2) is 48.6 Å². The van der Waals surface area contributed by atoms with Crippen molar-refractivity contribution in [3.63, 3.8) is 0 Å². The Morgan fingerprint density at radius 3 is 0.800 bits per heavy atom. The van der Waals surface area contributed by atoms with Crippen LogP contribution in [0.1, 0.15) is 34.6 Å². The van der Waals surface area contributed by atoms with E-state index < -0.39 is 0 Å². The molecule has 0 N–H and O–H groups in total. The number of hydrogen-bond donors (Lipinski definition) is 0. The van der Waals surface area contributed by atoms with Gasteiger partial charge in [0, 0.05) is 26.0 Å². The first-order chi connectivity index (χ1) is 6.55. The van der Waals surface area contributed by atoms with Gasteiger partial charge in [0.05, 0.1) is 0 Å². The first kappa shape index (κ1) is 20.1. The third-order valence-corrected chi connectivity index (χ3v) is 2.81. The molecule has 1 aliphatic carbocycles. The summed E-state index contributed by atoms with van der Waals surface area (Å²) in [6, 6.07) is 0. The molecular formula is C14H23Ir. The van der Waals surface area contributed by atoms with Crippen molar-refractivity contribution in [1.29, 1.82) is 0 Å². The Labute approximate surface area is 109 Å². The molecule has 0 aliphatic heterocycles. The zero-order chi connectivity index (χ0) is 11.9. The summed E-state index contributed by atoms with van der Waals surface area (Å²) >= 11 is 0. The van der Waals surface area contributed by atoms with E-state index in [1.165, 1.54) is 28.2 Å². The Balaban J connectivity index is -0.000000258. The standard InChI is InChI=1S/C10H15.2C2H4.Ir/c1-6-7(2)9(4)10(5)8(6)3;2*1-2;/h1-5H3;2*1-2H2;. The fraction of sp³-hybridized carbons (Fsp3) is 0.357. The van der Waals surface area contributed by atoms with E-state index in [1.54, 1.807) is 0 Å². The van der Waals surface area contributed by atoms with Crippen LogP contribution in [0, 0.1) is 5.92 Å². The van der Waals surface area contributed by atoms with Gasteiger partial charge in [-0.05, 0) is 38.8 Å². The fourth-order valence-electron chi connectivity index (χ4n) is 1.41. The predicted molar refractivity (Wildman–Crippen MR) is 68.2 cm³/mol. The van der Waals surface area contributed by atoms with Crippen LogP contribution in [0.4, 0.5) is 0 Å². The summed E-state index contributed by atoms with van der Waals surface area (Å²) in [5.41, 5.74) is 5.87.